The average molecular weight is 347 g/mol. The van der Waals surface area contributed by atoms with Crippen molar-refractivity contribution >= 4 is 23.2 Å². The second kappa shape index (κ2) is 6.56. The lowest BCUT2D eigenvalue weighted by molar-refractivity contribution is 0.104. The summed E-state index contributed by atoms with van der Waals surface area (Å²) in [5, 5.41) is 13.6. The summed E-state index contributed by atoms with van der Waals surface area (Å²) in [6, 6.07) is 0.403. The molecule has 2 N–H and O–H groups in total. The Bertz CT molecular complexity index is 916. The van der Waals surface area contributed by atoms with Crippen LogP contribution in [0.2, 0.25) is 0 Å². The van der Waals surface area contributed by atoms with Gasteiger partial charge in [0.1, 0.15) is 5.56 Å². The maximum Gasteiger partial charge on any atom is 0.310 e. The fourth-order valence-electron chi connectivity index (χ4n) is 2.90. The van der Waals surface area contributed by atoms with E-state index in [1.54, 1.807) is 6.08 Å². The van der Waals surface area contributed by atoms with Gasteiger partial charge in [-0.2, -0.15) is 5.10 Å². The summed E-state index contributed by atoms with van der Waals surface area (Å²) in [6.45, 7) is 1.86. The van der Waals surface area contributed by atoms with Gasteiger partial charge < -0.3 is 5.11 Å². The first-order valence-electron chi connectivity index (χ1n) is 7.70. The van der Waals surface area contributed by atoms with Crippen molar-refractivity contribution in [3.05, 3.63) is 49.1 Å². The van der Waals surface area contributed by atoms with Gasteiger partial charge in [-0.25, -0.2) is 0 Å². The van der Waals surface area contributed by atoms with Gasteiger partial charge in [-0.3, -0.25) is 24.0 Å². The van der Waals surface area contributed by atoms with Gasteiger partial charge in [-0.15, -0.1) is 0 Å². The quantitative estimate of drug-likeness (QED) is 0.650. The molecule has 2 aromatic heterocycles. The van der Waals surface area contributed by atoms with E-state index in [2.05, 4.69) is 5.10 Å². The molecule has 0 aliphatic heterocycles. The number of ketones is 1. The first kappa shape index (κ1) is 16.4. The molecule has 0 aromatic carbocycles. The van der Waals surface area contributed by atoms with Crippen LogP contribution in [-0.4, -0.2) is 25.7 Å². The third kappa shape index (κ3) is 3.23. The minimum atomic E-state index is -0.885. The van der Waals surface area contributed by atoms with Crippen LogP contribution in [0.1, 0.15) is 53.3 Å². The number of carbonyl (C=O) groups is 1. The van der Waals surface area contributed by atoms with Crippen LogP contribution in [0.25, 0.3) is 6.08 Å². The third-order valence-electron chi connectivity index (χ3n) is 4.16. The molecule has 0 spiro atoms. The third-order valence-corrected chi connectivity index (χ3v) is 4.84. The van der Waals surface area contributed by atoms with Gasteiger partial charge in [0.05, 0.1) is 11.7 Å². The summed E-state index contributed by atoms with van der Waals surface area (Å²) in [7, 11) is 0. The van der Waals surface area contributed by atoms with Crippen molar-refractivity contribution in [2.75, 3.05) is 0 Å². The van der Waals surface area contributed by atoms with Gasteiger partial charge in [-0.1, -0.05) is 12.8 Å². The zero-order valence-corrected chi connectivity index (χ0v) is 13.9. The number of H-pyrrole nitrogens is 1. The molecule has 0 amide bonds. The number of aromatic amines is 1. The van der Waals surface area contributed by atoms with Crippen molar-refractivity contribution in [3.63, 3.8) is 0 Å². The number of aryl methyl sites for hydroxylation is 1. The molecule has 1 aliphatic rings. The van der Waals surface area contributed by atoms with Crippen LogP contribution in [0.5, 0.6) is 5.06 Å². The average Bonchev–Trinajstić information content (AvgIpc) is 3.13. The number of hydrogen-bond donors (Lipinski definition) is 2. The lowest BCUT2D eigenvalue weighted by Gasteiger charge is -2.08. The number of aromatic hydroxyl groups is 1. The fraction of sp³-hybridized carbons (Fsp3) is 0.375. The molecule has 24 heavy (non-hydrogen) atoms. The predicted molar refractivity (Wildman–Crippen MR) is 90.7 cm³/mol. The molecule has 7 nitrogen and oxygen atoms in total. The van der Waals surface area contributed by atoms with Crippen LogP contribution in [0.4, 0.5) is 0 Å². The highest BCUT2D eigenvalue weighted by Gasteiger charge is 2.19. The van der Waals surface area contributed by atoms with Crippen LogP contribution < -0.4 is 10.4 Å². The Balaban J connectivity index is 1.85. The molecule has 3 rings (SSSR count). The second-order valence-corrected chi connectivity index (χ2v) is 6.77. The van der Waals surface area contributed by atoms with Crippen molar-refractivity contribution in [1.82, 2.24) is 14.8 Å². The Morgan fingerprint density at radius 1 is 1.42 bits per heavy atom. The molecular formula is C16H17N3O4S. The molecule has 126 valence electrons. The number of rotatable bonds is 4. The minimum Gasteiger partial charge on any atom is -0.499 e. The summed E-state index contributed by atoms with van der Waals surface area (Å²) in [5.74, 6) is -0.655. The van der Waals surface area contributed by atoms with Crippen LogP contribution in [-0.2, 0) is 0 Å². The van der Waals surface area contributed by atoms with Crippen LogP contribution >= 0.6 is 11.3 Å². The van der Waals surface area contributed by atoms with Gasteiger partial charge >= 0.3 is 4.87 Å². The van der Waals surface area contributed by atoms with Crippen molar-refractivity contribution in [2.24, 2.45) is 0 Å². The van der Waals surface area contributed by atoms with Crippen LogP contribution in [0.3, 0.4) is 0 Å². The Morgan fingerprint density at radius 3 is 2.79 bits per heavy atom. The van der Waals surface area contributed by atoms with Gasteiger partial charge in [0, 0.05) is 11.8 Å². The summed E-state index contributed by atoms with van der Waals surface area (Å²) in [5.41, 5.74) is 0.276. The zero-order valence-electron chi connectivity index (χ0n) is 13.1. The Kier molecular flexibility index (Phi) is 4.48. The summed E-state index contributed by atoms with van der Waals surface area (Å²) >= 11 is 0.420. The molecule has 2 heterocycles. The Labute approximate surface area is 141 Å². The first-order chi connectivity index (χ1) is 11.5. The summed E-state index contributed by atoms with van der Waals surface area (Å²) in [4.78, 5) is 36.2. The molecule has 0 bridgehead atoms. The first-order valence-corrected chi connectivity index (χ1v) is 8.52. The predicted octanol–water partition coefficient (Wildman–Crippen LogP) is 2.02. The smallest absolute Gasteiger partial charge is 0.310 e. The largest absolute Gasteiger partial charge is 0.499 e. The van der Waals surface area contributed by atoms with E-state index in [1.807, 2.05) is 22.8 Å². The molecule has 1 aliphatic carbocycles. The Morgan fingerprint density at radius 2 is 2.12 bits per heavy atom. The van der Waals surface area contributed by atoms with E-state index < -0.39 is 26.8 Å². The number of hydrogen-bond acceptors (Lipinski definition) is 6. The number of nitrogens with zero attached hydrogens (tertiary/aromatic N) is 2. The highest BCUT2D eigenvalue weighted by molar-refractivity contribution is 7.11. The minimum absolute atomic E-state index is 0.403. The van der Waals surface area contributed by atoms with E-state index in [4.69, 9.17) is 0 Å². The van der Waals surface area contributed by atoms with Crippen LogP contribution in [0.15, 0.2) is 21.9 Å². The van der Waals surface area contributed by atoms with Crippen molar-refractivity contribution < 1.29 is 9.90 Å². The normalized spacial score (nSPS) is 15.4. The molecule has 0 atom stereocenters. The highest BCUT2D eigenvalue weighted by Crippen LogP contribution is 2.29. The number of allylic oxidation sites excluding steroid dienone is 1. The maximum atomic E-state index is 12.2. The molecule has 0 saturated heterocycles. The van der Waals surface area contributed by atoms with E-state index in [0.29, 0.717) is 17.4 Å². The van der Waals surface area contributed by atoms with Crippen molar-refractivity contribution in [1.29, 1.82) is 0 Å². The molecule has 2 aromatic rings. The number of carbonyl (C=O) groups excluding carboxylic acids is 1. The van der Waals surface area contributed by atoms with E-state index in [0.717, 1.165) is 24.1 Å². The lowest BCUT2D eigenvalue weighted by Crippen LogP contribution is -2.22. The topological polar surface area (TPSA) is 105 Å². The molecule has 0 radical (unpaired) electrons. The second-order valence-electron chi connectivity index (χ2n) is 5.81. The fourth-order valence-corrected chi connectivity index (χ4v) is 3.51. The summed E-state index contributed by atoms with van der Waals surface area (Å²) in [6.07, 6.45) is 9.29. The lowest BCUT2D eigenvalue weighted by atomic mass is 10.1. The van der Waals surface area contributed by atoms with Gasteiger partial charge in [0.15, 0.2) is 10.8 Å². The SMILES string of the molecule is Cc1nn(C2CCCC2)cc1/C=C/C(=O)c1c(O)sc(=O)[nH]c1=O. The van der Waals surface area contributed by atoms with E-state index in [9.17, 15) is 19.5 Å². The van der Waals surface area contributed by atoms with Crippen molar-refractivity contribution in [3.8, 4) is 5.06 Å². The molecule has 8 heteroatoms. The van der Waals surface area contributed by atoms with E-state index in [-0.39, 0.29) is 0 Å². The van der Waals surface area contributed by atoms with E-state index >= 15 is 0 Å². The summed E-state index contributed by atoms with van der Waals surface area (Å²) < 4.78 is 1.94. The maximum absolute atomic E-state index is 12.2. The van der Waals surface area contributed by atoms with Gasteiger partial charge in [0.25, 0.3) is 5.56 Å². The van der Waals surface area contributed by atoms with Gasteiger partial charge in [0.2, 0.25) is 0 Å². The molecular weight excluding hydrogens is 330 g/mol. The Hall–Kier alpha value is -2.48. The van der Waals surface area contributed by atoms with Gasteiger partial charge in [-0.05, 0) is 43.3 Å². The van der Waals surface area contributed by atoms with Crippen molar-refractivity contribution in [2.45, 2.75) is 38.6 Å². The number of nitrogens with one attached hydrogen (secondary N) is 1. The zero-order chi connectivity index (χ0) is 17.3. The monoisotopic (exact) mass is 347 g/mol. The van der Waals surface area contributed by atoms with Crippen LogP contribution in [0, 0.1) is 6.92 Å². The molecule has 1 fully saturated rings. The number of aromatic nitrogens is 3. The highest BCUT2D eigenvalue weighted by atomic mass is 32.1. The van der Waals surface area contributed by atoms with E-state index in [1.165, 1.54) is 18.9 Å². The molecule has 1 saturated carbocycles. The standard InChI is InChI=1S/C16H17N3O4S/c1-9-10(8-19(18-9)11-4-2-3-5-11)6-7-12(20)13-14(21)17-16(23)24-15(13)22/h6-8,11,22H,2-5H2,1H3,(H,17,21,23)/b7-6+. The molecule has 0 unspecified atom stereocenters.